The first-order valence-electron chi connectivity index (χ1n) is 7.72. The van der Waals surface area contributed by atoms with E-state index in [-0.39, 0.29) is 5.70 Å². The molecule has 1 N–H and O–H groups in total. The zero-order valence-electron chi connectivity index (χ0n) is 14.2. The van der Waals surface area contributed by atoms with E-state index in [0.29, 0.717) is 22.7 Å². The summed E-state index contributed by atoms with van der Waals surface area (Å²) in [6.45, 7) is 0. The fraction of sp³-hybridized carbons (Fsp3) is 0.105. The Hall–Kier alpha value is -3.61. The van der Waals surface area contributed by atoms with Gasteiger partial charge in [-0.3, -0.25) is 0 Å². The lowest BCUT2D eigenvalue weighted by Gasteiger charge is -2.09. The lowest BCUT2D eigenvalue weighted by molar-refractivity contribution is -0.138. The number of methoxy groups -OCH3 is 2. The number of fused-ring (bicyclic) bond motifs is 1. The van der Waals surface area contributed by atoms with E-state index in [1.807, 2.05) is 30.3 Å². The molecule has 3 aromatic rings. The van der Waals surface area contributed by atoms with Crippen molar-refractivity contribution in [2.75, 3.05) is 19.5 Å². The summed E-state index contributed by atoms with van der Waals surface area (Å²) in [6.07, 6.45) is 1.02. The van der Waals surface area contributed by atoms with Gasteiger partial charge in [-0.05, 0) is 24.3 Å². The Bertz CT molecular complexity index is 976. The monoisotopic (exact) mass is 352 g/mol. The molecule has 0 fully saturated rings. The molecule has 0 aliphatic rings. The maximum Gasteiger partial charge on any atom is 0.354 e. The number of esters is 2. The fourth-order valence-corrected chi connectivity index (χ4v) is 2.33. The average Bonchev–Trinajstić information content (AvgIpc) is 3.12. The SMILES string of the molecule is COC(=O)/C=C(/Nc1cccc2oc(-c3ccccc3)nc12)C(=O)OC. The first-order valence-corrected chi connectivity index (χ1v) is 7.72. The minimum atomic E-state index is -0.709. The number of carbonyl (C=O) groups excluding carboxylic acids is 2. The lowest BCUT2D eigenvalue weighted by atomic mass is 10.2. The third-order valence-electron chi connectivity index (χ3n) is 3.58. The predicted molar refractivity (Wildman–Crippen MR) is 95.2 cm³/mol. The Morgan fingerprint density at radius 2 is 1.81 bits per heavy atom. The molecule has 0 aliphatic heterocycles. The molecule has 0 radical (unpaired) electrons. The number of rotatable bonds is 5. The second kappa shape index (κ2) is 7.52. The maximum atomic E-state index is 11.9. The standard InChI is InChI=1S/C19H16N2O5/c1-24-16(22)11-14(19(23)25-2)20-13-9-6-10-15-17(13)21-18(26-15)12-7-4-3-5-8-12/h3-11,20H,1-2H3/b14-11+. The van der Waals surface area contributed by atoms with E-state index in [9.17, 15) is 9.59 Å². The highest BCUT2D eigenvalue weighted by atomic mass is 16.5. The number of anilines is 1. The van der Waals surface area contributed by atoms with Crippen LogP contribution in [0, 0.1) is 0 Å². The van der Waals surface area contributed by atoms with Crippen molar-refractivity contribution in [2.24, 2.45) is 0 Å². The number of ether oxygens (including phenoxy) is 2. The summed E-state index contributed by atoms with van der Waals surface area (Å²) in [4.78, 5) is 27.9. The van der Waals surface area contributed by atoms with Crippen molar-refractivity contribution in [2.45, 2.75) is 0 Å². The Morgan fingerprint density at radius 1 is 1.04 bits per heavy atom. The van der Waals surface area contributed by atoms with Crippen LogP contribution in [0.5, 0.6) is 0 Å². The molecule has 7 heteroatoms. The zero-order chi connectivity index (χ0) is 18.5. The van der Waals surface area contributed by atoms with Gasteiger partial charge in [0.05, 0.1) is 26.0 Å². The van der Waals surface area contributed by atoms with Crippen molar-refractivity contribution in [3.8, 4) is 11.5 Å². The molecule has 0 saturated heterocycles. The highest BCUT2D eigenvalue weighted by Crippen LogP contribution is 2.29. The van der Waals surface area contributed by atoms with Crippen LogP contribution >= 0.6 is 0 Å². The van der Waals surface area contributed by atoms with Crippen molar-refractivity contribution in [1.82, 2.24) is 4.98 Å². The second-order valence-corrected chi connectivity index (χ2v) is 5.24. The highest BCUT2D eigenvalue weighted by molar-refractivity contribution is 6.01. The van der Waals surface area contributed by atoms with Crippen LogP contribution in [0.3, 0.4) is 0 Å². The van der Waals surface area contributed by atoms with E-state index in [1.165, 1.54) is 14.2 Å². The molecule has 1 heterocycles. The molecule has 0 unspecified atom stereocenters. The largest absolute Gasteiger partial charge is 0.466 e. The number of carbonyl (C=O) groups is 2. The van der Waals surface area contributed by atoms with Crippen LogP contribution in [0.15, 0.2) is 64.7 Å². The van der Waals surface area contributed by atoms with Gasteiger partial charge in [0, 0.05) is 5.56 Å². The summed E-state index contributed by atoms with van der Waals surface area (Å²) in [7, 11) is 2.44. The van der Waals surface area contributed by atoms with Crippen molar-refractivity contribution in [1.29, 1.82) is 0 Å². The highest BCUT2D eigenvalue weighted by Gasteiger charge is 2.16. The average molecular weight is 352 g/mol. The molecule has 2 aromatic carbocycles. The zero-order valence-corrected chi connectivity index (χ0v) is 14.2. The van der Waals surface area contributed by atoms with Crippen LogP contribution in [0.4, 0.5) is 5.69 Å². The third-order valence-corrected chi connectivity index (χ3v) is 3.58. The minimum Gasteiger partial charge on any atom is -0.466 e. The predicted octanol–water partition coefficient (Wildman–Crippen LogP) is 3.14. The van der Waals surface area contributed by atoms with E-state index in [1.54, 1.807) is 18.2 Å². The normalized spacial score (nSPS) is 11.2. The summed E-state index contributed by atoms with van der Waals surface area (Å²) < 4.78 is 15.0. The molecule has 0 saturated carbocycles. The van der Waals surface area contributed by atoms with Crippen molar-refractivity contribution < 1.29 is 23.5 Å². The fourth-order valence-electron chi connectivity index (χ4n) is 2.33. The Morgan fingerprint density at radius 3 is 2.50 bits per heavy atom. The summed E-state index contributed by atoms with van der Waals surface area (Å²) in [5, 5.41) is 2.87. The molecule has 0 spiro atoms. The Labute approximate surface area is 149 Å². The van der Waals surface area contributed by atoms with E-state index in [2.05, 4.69) is 15.0 Å². The van der Waals surface area contributed by atoms with Gasteiger partial charge in [-0.1, -0.05) is 24.3 Å². The number of hydrogen-bond acceptors (Lipinski definition) is 7. The van der Waals surface area contributed by atoms with Gasteiger partial charge in [-0.15, -0.1) is 0 Å². The minimum absolute atomic E-state index is 0.0730. The number of hydrogen-bond donors (Lipinski definition) is 1. The Kier molecular flexibility index (Phi) is 4.98. The van der Waals surface area contributed by atoms with Crippen LogP contribution in [0.1, 0.15) is 0 Å². The van der Waals surface area contributed by atoms with Gasteiger partial charge < -0.3 is 19.2 Å². The molecule has 132 valence electrons. The van der Waals surface area contributed by atoms with Crippen LogP contribution in [-0.4, -0.2) is 31.1 Å². The van der Waals surface area contributed by atoms with Gasteiger partial charge in [0.2, 0.25) is 5.89 Å². The maximum absolute atomic E-state index is 11.9. The van der Waals surface area contributed by atoms with E-state index < -0.39 is 11.9 Å². The van der Waals surface area contributed by atoms with E-state index in [4.69, 9.17) is 9.15 Å². The number of nitrogens with one attached hydrogen (secondary N) is 1. The van der Waals surface area contributed by atoms with Crippen LogP contribution in [0.2, 0.25) is 0 Å². The summed E-state index contributed by atoms with van der Waals surface area (Å²) in [6, 6.07) is 14.7. The Balaban J connectivity index is 2.02. The van der Waals surface area contributed by atoms with Crippen molar-refractivity contribution in [3.05, 3.63) is 60.3 Å². The number of para-hydroxylation sites is 1. The van der Waals surface area contributed by atoms with Crippen molar-refractivity contribution >= 4 is 28.7 Å². The molecular weight excluding hydrogens is 336 g/mol. The second-order valence-electron chi connectivity index (χ2n) is 5.24. The molecule has 3 rings (SSSR count). The third kappa shape index (κ3) is 3.56. The quantitative estimate of drug-likeness (QED) is 0.557. The molecule has 0 atom stereocenters. The first kappa shape index (κ1) is 17.2. The van der Waals surface area contributed by atoms with E-state index in [0.717, 1.165) is 11.6 Å². The van der Waals surface area contributed by atoms with E-state index >= 15 is 0 Å². The number of oxazole rings is 1. The topological polar surface area (TPSA) is 90.7 Å². The smallest absolute Gasteiger partial charge is 0.354 e. The van der Waals surface area contributed by atoms with Gasteiger partial charge in [0.15, 0.2) is 5.58 Å². The molecule has 0 amide bonds. The summed E-state index contributed by atoms with van der Waals surface area (Å²) >= 11 is 0. The summed E-state index contributed by atoms with van der Waals surface area (Å²) in [5.74, 6) is -0.944. The van der Waals surface area contributed by atoms with Gasteiger partial charge in [-0.25, -0.2) is 14.6 Å². The number of nitrogens with zero attached hydrogens (tertiary/aromatic N) is 1. The van der Waals surface area contributed by atoms with Gasteiger partial charge in [0.25, 0.3) is 0 Å². The molecule has 0 bridgehead atoms. The van der Waals surface area contributed by atoms with Crippen LogP contribution in [0.25, 0.3) is 22.6 Å². The van der Waals surface area contributed by atoms with Gasteiger partial charge >= 0.3 is 11.9 Å². The van der Waals surface area contributed by atoms with Crippen LogP contribution < -0.4 is 5.32 Å². The molecular formula is C19H16N2O5. The molecule has 0 aliphatic carbocycles. The first-order chi connectivity index (χ1) is 12.6. The number of aromatic nitrogens is 1. The van der Waals surface area contributed by atoms with Gasteiger partial charge in [0.1, 0.15) is 11.2 Å². The van der Waals surface area contributed by atoms with Crippen molar-refractivity contribution in [3.63, 3.8) is 0 Å². The molecule has 1 aromatic heterocycles. The van der Waals surface area contributed by atoms with Crippen LogP contribution in [-0.2, 0) is 19.1 Å². The number of benzene rings is 2. The summed E-state index contributed by atoms with van der Waals surface area (Å²) in [5.41, 5.74) is 2.31. The molecule has 7 nitrogen and oxygen atoms in total. The van der Waals surface area contributed by atoms with Gasteiger partial charge in [-0.2, -0.15) is 0 Å². The lowest BCUT2D eigenvalue weighted by Crippen LogP contribution is -2.15. The molecule has 26 heavy (non-hydrogen) atoms.